The third-order valence-electron chi connectivity index (χ3n) is 4.84. The first kappa shape index (κ1) is 20.6. The van der Waals surface area contributed by atoms with E-state index in [-0.39, 0.29) is 27.4 Å². The van der Waals surface area contributed by atoms with Crippen molar-refractivity contribution in [1.29, 1.82) is 0 Å². The second-order valence-corrected chi connectivity index (χ2v) is 8.80. The number of carbonyl (C=O) groups excluding carboxylic acids is 1. The summed E-state index contributed by atoms with van der Waals surface area (Å²) >= 11 is 6.23. The Morgan fingerprint density at radius 1 is 1.25 bits per heavy atom. The van der Waals surface area contributed by atoms with Crippen LogP contribution >= 0.6 is 11.6 Å². The molecule has 1 unspecified atom stereocenters. The molecule has 8 heteroatoms. The summed E-state index contributed by atoms with van der Waals surface area (Å²) in [4.78, 5) is 15.0. The summed E-state index contributed by atoms with van der Waals surface area (Å²) in [7, 11) is -2.34. The second-order valence-electron chi connectivity index (χ2n) is 6.51. The van der Waals surface area contributed by atoms with Crippen LogP contribution in [-0.4, -0.2) is 39.4 Å². The number of ether oxygens (including phenoxy) is 1. The van der Waals surface area contributed by atoms with Crippen LogP contribution in [0.3, 0.4) is 0 Å². The summed E-state index contributed by atoms with van der Waals surface area (Å²) in [5.74, 6) is 0.518. The van der Waals surface area contributed by atoms with Gasteiger partial charge in [-0.25, -0.2) is 13.1 Å². The molecule has 1 aliphatic heterocycles. The number of amides is 1. The van der Waals surface area contributed by atoms with E-state index in [2.05, 4.69) is 4.72 Å². The molecule has 0 radical (unpaired) electrons. The Morgan fingerprint density at radius 3 is 2.61 bits per heavy atom. The second kappa shape index (κ2) is 8.51. The molecule has 6 nitrogen and oxygen atoms in total. The average molecular weight is 423 g/mol. The number of hydrogen-bond acceptors (Lipinski definition) is 4. The maximum Gasteiger partial charge on any atom is 0.255 e. The maximum absolute atomic E-state index is 13.2. The van der Waals surface area contributed by atoms with Gasteiger partial charge in [0.1, 0.15) is 5.75 Å². The smallest absolute Gasteiger partial charge is 0.255 e. The van der Waals surface area contributed by atoms with Crippen molar-refractivity contribution >= 4 is 27.5 Å². The largest absolute Gasteiger partial charge is 0.494 e. The normalized spacial score (nSPS) is 17.0. The van der Waals surface area contributed by atoms with Gasteiger partial charge in [0.15, 0.2) is 0 Å². The van der Waals surface area contributed by atoms with Gasteiger partial charge in [-0.1, -0.05) is 23.7 Å². The van der Waals surface area contributed by atoms with Crippen molar-refractivity contribution in [3.63, 3.8) is 0 Å². The van der Waals surface area contributed by atoms with Crippen molar-refractivity contribution in [2.75, 3.05) is 20.2 Å². The molecule has 1 aliphatic rings. The molecule has 0 spiro atoms. The van der Waals surface area contributed by atoms with E-state index in [9.17, 15) is 13.2 Å². The monoisotopic (exact) mass is 422 g/mol. The topological polar surface area (TPSA) is 75.7 Å². The Kier molecular flexibility index (Phi) is 6.27. The Hall–Kier alpha value is -2.09. The summed E-state index contributed by atoms with van der Waals surface area (Å²) in [6, 6.07) is 11.8. The Morgan fingerprint density at radius 2 is 1.96 bits per heavy atom. The summed E-state index contributed by atoms with van der Waals surface area (Å²) in [6.45, 7) is 3.12. The SMILES string of the molecule is CCOc1ccc(C2CCCN2C(=O)c2cc(S(=O)(=O)NC)ccc2Cl)cc1. The molecule has 1 saturated heterocycles. The van der Waals surface area contributed by atoms with E-state index in [1.807, 2.05) is 31.2 Å². The molecule has 0 bridgehead atoms. The highest BCUT2D eigenvalue weighted by Gasteiger charge is 2.32. The zero-order chi connectivity index (χ0) is 20.3. The number of halogens is 1. The van der Waals surface area contributed by atoms with Crippen LogP contribution in [0.25, 0.3) is 0 Å². The Balaban J connectivity index is 1.90. The third kappa shape index (κ3) is 4.16. The van der Waals surface area contributed by atoms with Crippen LogP contribution in [0.4, 0.5) is 0 Å². The summed E-state index contributed by atoms with van der Waals surface area (Å²) in [5.41, 5.74) is 1.21. The summed E-state index contributed by atoms with van der Waals surface area (Å²) in [5, 5.41) is 0.234. The molecule has 2 aromatic carbocycles. The molecule has 150 valence electrons. The molecule has 28 heavy (non-hydrogen) atoms. The van der Waals surface area contributed by atoms with Gasteiger partial charge in [0.25, 0.3) is 5.91 Å². The first-order valence-electron chi connectivity index (χ1n) is 9.14. The summed E-state index contributed by atoms with van der Waals surface area (Å²) in [6.07, 6.45) is 1.71. The van der Waals surface area contributed by atoms with E-state index in [1.54, 1.807) is 4.90 Å². The van der Waals surface area contributed by atoms with Crippen molar-refractivity contribution < 1.29 is 17.9 Å². The first-order chi connectivity index (χ1) is 13.4. The van der Waals surface area contributed by atoms with Crippen LogP contribution in [-0.2, 0) is 10.0 Å². The number of nitrogens with one attached hydrogen (secondary N) is 1. The predicted molar refractivity (Wildman–Crippen MR) is 108 cm³/mol. The standard InChI is InChI=1S/C20H23ClN2O4S/c1-3-27-15-8-6-14(7-9-15)19-5-4-12-23(19)20(24)17-13-16(10-11-18(17)21)28(25,26)22-2/h6-11,13,19,22H,3-5,12H2,1-2H3. The van der Waals surface area contributed by atoms with Gasteiger partial charge >= 0.3 is 0 Å². The van der Waals surface area contributed by atoms with Gasteiger partial charge in [-0.2, -0.15) is 0 Å². The van der Waals surface area contributed by atoms with E-state index in [4.69, 9.17) is 16.3 Å². The molecule has 1 fully saturated rings. The fourth-order valence-electron chi connectivity index (χ4n) is 3.42. The van der Waals surface area contributed by atoms with E-state index in [1.165, 1.54) is 25.2 Å². The average Bonchev–Trinajstić information content (AvgIpc) is 3.18. The quantitative estimate of drug-likeness (QED) is 0.771. The lowest BCUT2D eigenvalue weighted by atomic mass is 10.0. The number of hydrogen-bond donors (Lipinski definition) is 1. The van der Waals surface area contributed by atoms with Crippen LogP contribution in [0.1, 0.15) is 41.7 Å². The van der Waals surface area contributed by atoms with E-state index in [0.29, 0.717) is 13.2 Å². The number of sulfonamides is 1. The van der Waals surface area contributed by atoms with Gasteiger partial charge in [-0.15, -0.1) is 0 Å². The van der Waals surface area contributed by atoms with E-state index >= 15 is 0 Å². The number of rotatable bonds is 6. The highest BCUT2D eigenvalue weighted by molar-refractivity contribution is 7.89. The van der Waals surface area contributed by atoms with E-state index in [0.717, 1.165) is 24.2 Å². The van der Waals surface area contributed by atoms with Crippen LogP contribution in [0.2, 0.25) is 5.02 Å². The molecule has 0 aliphatic carbocycles. The molecule has 3 rings (SSSR count). The lowest BCUT2D eigenvalue weighted by Crippen LogP contribution is -2.31. The first-order valence-corrected chi connectivity index (χ1v) is 11.0. The minimum Gasteiger partial charge on any atom is -0.494 e. The molecule has 1 amide bonds. The highest BCUT2D eigenvalue weighted by Crippen LogP contribution is 2.35. The van der Waals surface area contributed by atoms with Gasteiger partial charge in [0.2, 0.25) is 10.0 Å². The van der Waals surface area contributed by atoms with Gasteiger partial charge in [0.05, 0.1) is 28.1 Å². The van der Waals surface area contributed by atoms with Gasteiger partial charge in [-0.05, 0) is 62.7 Å². The zero-order valence-corrected chi connectivity index (χ0v) is 17.4. The van der Waals surface area contributed by atoms with Gasteiger partial charge in [-0.3, -0.25) is 4.79 Å². The van der Waals surface area contributed by atoms with Crippen molar-refractivity contribution in [3.05, 3.63) is 58.6 Å². The summed E-state index contributed by atoms with van der Waals surface area (Å²) < 4.78 is 31.9. The molecular weight excluding hydrogens is 400 g/mol. The van der Waals surface area contributed by atoms with Crippen molar-refractivity contribution in [3.8, 4) is 5.75 Å². The van der Waals surface area contributed by atoms with Crippen LogP contribution in [0, 0.1) is 0 Å². The molecule has 0 aromatic heterocycles. The van der Waals surface area contributed by atoms with Gasteiger partial charge in [0, 0.05) is 6.54 Å². The molecule has 1 heterocycles. The Labute approximate surface area is 170 Å². The fraction of sp³-hybridized carbons (Fsp3) is 0.350. The zero-order valence-electron chi connectivity index (χ0n) is 15.8. The molecule has 1 atom stereocenters. The van der Waals surface area contributed by atoms with Crippen LogP contribution in [0.5, 0.6) is 5.75 Å². The lowest BCUT2D eigenvalue weighted by molar-refractivity contribution is 0.0735. The predicted octanol–water partition coefficient (Wildman–Crippen LogP) is 3.62. The molecular formula is C20H23ClN2O4S. The van der Waals surface area contributed by atoms with Crippen molar-refractivity contribution in [2.24, 2.45) is 0 Å². The number of carbonyl (C=O) groups is 1. The van der Waals surface area contributed by atoms with Gasteiger partial charge < -0.3 is 9.64 Å². The van der Waals surface area contributed by atoms with Crippen molar-refractivity contribution in [1.82, 2.24) is 9.62 Å². The number of nitrogens with zero attached hydrogens (tertiary/aromatic N) is 1. The number of benzene rings is 2. The minimum absolute atomic E-state index is 0.0135. The van der Waals surface area contributed by atoms with Crippen LogP contribution < -0.4 is 9.46 Å². The molecule has 1 N–H and O–H groups in total. The Bertz CT molecular complexity index is 961. The molecule has 0 saturated carbocycles. The fourth-order valence-corrected chi connectivity index (χ4v) is 4.37. The lowest BCUT2D eigenvalue weighted by Gasteiger charge is -2.26. The van der Waals surface area contributed by atoms with Crippen molar-refractivity contribution in [2.45, 2.75) is 30.7 Å². The van der Waals surface area contributed by atoms with Crippen LogP contribution in [0.15, 0.2) is 47.4 Å². The maximum atomic E-state index is 13.2. The minimum atomic E-state index is -3.66. The highest BCUT2D eigenvalue weighted by atomic mass is 35.5. The number of likely N-dealkylation sites (tertiary alicyclic amines) is 1. The molecule has 2 aromatic rings. The third-order valence-corrected chi connectivity index (χ3v) is 6.58. The van der Waals surface area contributed by atoms with E-state index < -0.39 is 10.0 Å².